The molecule has 104 valence electrons. The third-order valence-electron chi connectivity index (χ3n) is 2.67. The van der Waals surface area contributed by atoms with Gasteiger partial charge in [-0.05, 0) is 42.2 Å². The number of nitrogens with one attached hydrogen (secondary N) is 1. The van der Waals surface area contributed by atoms with Crippen LogP contribution in [0.3, 0.4) is 0 Å². The van der Waals surface area contributed by atoms with Crippen LogP contribution >= 0.6 is 11.8 Å². The van der Waals surface area contributed by atoms with Gasteiger partial charge in [-0.3, -0.25) is 4.79 Å². The average Bonchev–Trinajstić information content (AvgIpc) is 2.42. The van der Waals surface area contributed by atoms with E-state index < -0.39 is 17.5 Å². The Morgan fingerprint density at radius 2 is 2.00 bits per heavy atom. The van der Waals surface area contributed by atoms with Gasteiger partial charge in [0.15, 0.2) is 0 Å². The van der Waals surface area contributed by atoms with E-state index in [2.05, 4.69) is 5.32 Å². The number of anilines is 1. The van der Waals surface area contributed by atoms with Gasteiger partial charge in [0.05, 0.1) is 5.56 Å². The van der Waals surface area contributed by atoms with E-state index in [4.69, 9.17) is 0 Å². The number of carbonyl (C=O) groups is 1. The second kappa shape index (κ2) is 6.52. The summed E-state index contributed by atoms with van der Waals surface area (Å²) in [4.78, 5) is 11.9. The standard InChI is InChI=1S/C15H13F2NOS/c1-20-9-10-3-2-4-12(7-10)18-15(19)13-8-11(16)5-6-14(13)17/h2-8H,9H2,1H3,(H,18,19). The number of hydrogen-bond acceptors (Lipinski definition) is 2. The summed E-state index contributed by atoms with van der Waals surface area (Å²) in [6.07, 6.45) is 1.98. The van der Waals surface area contributed by atoms with Crippen LogP contribution in [0.25, 0.3) is 0 Å². The van der Waals surface area contributed by atoms with Crippen LogP contribution in [0.2, 0.25) is 0 Å². The number of amides is 1. The molecular formula is C15H13F2NOS. The van der Waals surface area contributed by atoms with E-state index in [1.54, 1.807) is 17.8 Å². The summed E-state index contributed by atoms with van der Waals surface area (Å²) in [5, 5.41) is 2.57. The summed E-state index contributed by atoms with van der Waals surface area (Å²) in [6.45, 7) is 0. The third-order valence-corrected chi connectivity index (χ3v) is 3.29. The largest absolute Gasteiger partial charge is 0.322 e. The molecule has 1 amide bonds. The van der Waals surface area contributed by atoms with Crippen molar-refractivity contribution in [2.24, 2.45) is 0 Å². The summed E-state index contributed by atoms with van der Waals surface area (Å²) >= 11 is 1.66. The fourth-order valence-corrected chi connectivity index (χ4v) is 2.29. The van der Waals surface area contributed by atoms with Crippen molar-refractivity contribution in [3.05, 3.63) is 65.2 Å². The highest BCUT2D eigenvalue weighted by atomic mass is 32.2. The lowest BCUT2D eigenvalue weighted by Crippen LogP contribution is -2.14. The van der Waals surface area contributed by atoms with E-state index in [0.717, 1.165) is 29.5 Å². The van der Waals surface area contributed by atoms with Crippen LogP contribution in [-0.2, 0) is 5.75 Å². The molecule has 2 nitrogen and oxygen atoms in total. The van der Waals surface area contributed by atoms with E-state index in [9.17, 15) is 13.6 Å². The van der Waals surface area contributed by atoms with Crippen LogP contribution < -0.4 is 5.32 Å². The highest BCUT2D eigenvalue weighted by Gasteiger charge is 2.13. The number of halogens is 2. The van der Waals surface area contributed by atoms with Crippen molar-refractivity contribution >= 4 is 23.4 Å². The van der Waals surface area contributed by atoms with Crippen LogP contribution in [0, 0.1) is 11.6 Å². The molecule has 0 saturated carbocycles. The molecular weight excluding hydrogens is 280 g/mol. The van der Waals surface area contributed by atoms with Crippen molar-refractivity contribution in [2.45, 2.75) is 5.75 Å². The molecule has 1 N–H and O–H groups in total. The Balaban J connectivity index is 2.19. The summed E-state index contributed by atoms with van der Waals surface area (Å²) in [5.74, 6) is -1.24. The van der Waals surface area contributed by atoms with Gasteiger partial charge in [-0.15, -0.1) is 0 Å². The van der Waals surface area contributed by atoms with Gasteiger partial charge < -0.3 is 5.32 Å². The maximum Gasteiger partial charge on any atom is 0.258 e. The molecule has 0 bridgehead atoms. The molecule has 5 heteroatoms. The van der Waals surface area contributed by atoms with Crippen LogP contribution in [0.4, 0.5) is 14.5 Å². The minimum Gasteiger partial charge on any atom is -0.322 e. The topological polar surface area (TPSA) is 29.1 Å². The van der Waals surface area contributed by atoms with Crippen molar-refractivity contribution in [3.8, 4) is 0 Å². The fraction of sp³-hybridized carbons (Fsp3) is 0.133. The molecule has 2 aromatic carbocycles. The highest BCUT2D eigenvalue weighted by molar-refractivity contribution is 7.97. The monoisotopic (exact) mass is 293 g/mol. The molecule has 0 unspecified atom stereocenters. The van der Waals surface area contributed by atoms with Gasteiger partial charge in [0, 0.05) is 11.4 Å². The number of thioether (sulfide) groups is 1. The number of benzene rings is 2. The van der Waals surface area contributed by atoms with Gasteiger partial charge in [0.1, 0.15) is 11.6 Å². The molecule has 0 radical (unpaired) electrons. The Morgan fingerprint density at radius 3 is 2.75 bits per heavy atom. The molecule has 0 aliphatic rings. The summed E-state index contributed by atoms with van der Waals surface area (Å²) < 4.78 is 26.6. The van der Waals surface area contributed by atoms with Crippen molar-refractivity contribution in [2.75, 3.05) is 11.6 Å². The Labute approximate surface area is 120 Å². The van der Waals surface area contributed by atoms with Gasteiger partial charge >= 0.3 is 0 Å². The SMILES string of the molecule is CSCc1cccc(NC(=O)c2cc(F)ccc2F)c1. The molecule has 0 fully saturated rings. The maximum absolute atomic E-state index is 13.5. The van der Waals surface area contributed by atoms with Crippen molar-refractivity contribution in [1.82, 2.24) is 0 Å². The quantitative estimate of drug-likeness (QED) is 0.920. The second-order valence-electron chi connectivity index (χ2n) is 4.21. The zero-order chi connectivity index (χ0) is 14.5. The Kier molecular flexibility index (Phi) is 4.74. The average molecular weight is 293 g/mol. The first-order chi connectivity index (χ1) is 9.60. The van der Waals surface area contributed by atoms with Crippen molar-refractivity contribution in [1.29, 1.82) is 0 Å². The van der Waals surface area contributed by atoms with Crippen LogP contribution in [-0.4, -0.2) is 12.2 Å². The van der Waals surface area contributed by atoms with Gasteiger partial charge in [-0.1, -0.05) is 12.1 Å². The summed E-state index contributed by atoms with van der Waals surface area (Å²) in [6, 6.07) is 10.1. The van der Waals surface area contributed by atoms with Crippen LogP contribution in [0.5, 0.6) is 0 Å². The molecule has 0 heterocycles. The lowest BCUT2D eigenvalue weighted by Gasteiger charge is -2.08. The first-order valence-electron chi connectivity index (χ1n) is 5.94. The zero-order valence-electron chi connectivity index (χ0n) is 10.8. The minimum absolute atomic E-state index is 0.305. The molecule has 0 spiro atoms. The molecule has 0 saturated heterocycles. The Morgan fingerprint density at radius 1 is 1.20 bits per heavy atom. The lowest BCUT2D eigenvalue weighted by atomic mass is 10.1. The molecule has 0 aliphatic heterocycles. The van der Waals surface area contributed by atoms with Crippen LogP contribution in [0.15, 0.2) is 42.5 Å². The molecule has 2 aromatic rings. The normalized spacial score (nSPS) is 10.3. The summed E-state index contributed by atoms with van der Waals surface area (Å²) in [5.41, 5.74) is 1.31. The summed E-state index contributed by atoms with van der Waals surface area (Å²) in [7, 11) is 0. The Bertz CT molecular complexity index is 631. The van der Waals surface area contributed by atoms with Gasteiger partial charge in [0.25, 0.3) is 5.91 Å². The maximum atomic E-state index is 13.5. The molecule has 0 aromatic heterocycles. The van der Waals surface area contributed by atoms with Crippen molar-refractivity contribution in [3.63, 3.8) is 0 Å². The predicted octanol–water partition coefficient (Wildman–Crippen LogP) is 4.08. The van der Waals surface area contributed by atoms with Crippen molar-refractivity contribution < 1.29 is 13.6 Å². The third kappa shape index (κ3) is 3.57. The minimum atomic E-state index is -0.746. The Hall–Kier alpha value is -1.88. The lowest BCUT2D eigenvalue weighted by molar-refractivity contribution is 0.102. The molecule has 20 heavy (non-hydrogen) atoms. The van der Waals surface area contributed by atoms with Gasteiger partial charge in [0.2, 0.25) is 0 Å². The first-order valence-corrected chi connectivity index (χ1v) is 7.34. The first kappa shape index (κ1) is 14.5. The number of hydrogen-bond donors (Lipinski definition) is 1. The number of rotatable bonds is 4. The van der Waals surface area contributed by atoms with E-state index >= 15 is 0 Å². The molecule has 0 atom stereocenters. The molecule has 0 aliphatic carbocycles. The van der Waals surface area contributed by atoms with Gasteiger partial charge in [-0.25, -0.2) is 8.78 Å². The smallest absolute Gasteiger partial charge is 0.258 e. The predicted molar refractivity (Wildman–Crippen MR) is 78.0 cm³/mol. The second-order valence-corrected chi connectivity index (χ2v) is 5.08. The van der Waals surface area contributed by atoms with E-state index in [0.29, 0.717) is 5.69 Å². The highest BCUT2D eigenvalue weighted by Crippen LogP contribution is 2.17. The van der Waals surface area contributed by atoms with Gasteiger partial charge in [-0.2, -0.15) is 11.8 Å². The molecule has 2 rings (SSSR count). The van der Waals surface area contributed by atoms with E-state index in [1.807, 2.05) is 24.5 Å². The van der Waals surface area contributed by atoms with E-state index in [-0.39, 0.29) is 5.56 Å². The van der Waals surface area contributed by atoms with E-state index in [1.165, 1.54) is 0 Å². The zero-order valence-corrected chi connectivity index (χ0v) is 11.6. The van der Waals surface area contributed by atoms with Crippen LogP contribution in [0.1, 0.15) is 15.9 Å². The number of carbonyl (C=O) groups excluding carboxylic acids is 1. The fourth-order valence-electron chi connectivity index (χ4n) is 1.78.